The Morgan fingerprint density at radius 1 is 1.18 bits per heavy atom. The van der Waals surface area contributed by atoms with Gasteiger partial charge in [-0.05, 0) is 53.3 Å². The van der Waals surface area contributed by atoms with E-state index in [9.17, 15) is 9.59 Å². The van der Waals surface area contributed by atoms with Crippen LogP contribution in [0.2, 0.25) is 0 Å². The van der Waals surface area contributed by atoms with Crippen molar-refractivity contribution in [2.45, 2.75) is 6.92 Å². The molecule has 5 nitrogen and oxygen atoms in total. The van der Waals surface area contributed by atoms with Crippen molar-refractivity contribution >= 4 is 51.7 Å². The predicted octanol–water partition coefficient (Wildman–Crippen LogP) is 2.26. The van der Waals surface area contributed by atoms with E-state index in [1.54, 1.807) is 6.07 Å². The lowest BCUT2D eigenvalue weighted by Gasteiger charge is -2.29. The fourth-order valence-corrected chi connectivity index (χ4v) is 3.57. The number of amides is 2. The summed E-state index contributed by atoms with van der Waals surface area (Å²) in [6.07, 6.45) is 0. The van der Waals surface area contributed by atoms with Crippen LogP contribution >= 0.6 is 34.2 Å². The normalized spacial score (nSPS) is 19.4. The number of nitrogens with zero attached hydrogens (tertiary/aromatic N) is 2. The summed E-state index contributed by atoms with van der Waals surface area (Å²) >= 11 is 8.36. The van der Waals surface area contributed by atoms with E-state index in [1.165, 1.54) is 4.90 Å². The molecule has 0 atom stereocenters. The van der Waals surface area contributed by atoms with Gasteiger partial charge in [-0.1, -0.05) is 11.6 Å². The quantitative estimate of drug-likeness (QED) is 0.531. The zero-order chi connectivity index (χ0) is 15.9. The monoisotopic (exact) mass is 432 g/mol. The van der Waals surface area contributed by atoms with Crippen LogP contribution in [0.5, 0.6) is 0 Å². The van der Waals surface area contributed by atoms with Crippen LogP contribution in [0, 0.1) is 10.5 Å². The average molecular weight is 433 g/mol. The molecule has 0 aliphatic carbocycles. The molecule has 3 rings (SSSR count). The van der Waals surface area contributed by atoms with Crippen molar-refractivity contribution in [3.05, 3.63) is 38.1 Å². The van der Waals surface area contributed by atoms with E-state index in [-0.39, 0.29) is 16.6 Å². The number of halogens is 2. The highest BCUT2D eigenvalue weighted by Crippen LogP contribution is 2.33. The molecule has 1 aromatic carbocycles. The van der Waals surface area contributed by atoms with Gasteiger partial charge in [0.2, 0.25) is 0 Å². The van der Waals surface area contributed by atoms with Gasteiger partial charge in [0.25, 0.3) is 11.8 Å². The molecule has 22 heavy (non-hydrogen) atoms. The maximum absolute atomic E-state index is 12.7. The molecule has 1 fully saturated rings. The van der Waals surface area contributed by atoms with E-state index in [4.69, 9.17) is 16.3 Å². The number of carbonyl (C=O) groups excluding carboxylic acids is 2. The van der Waals surface area contributed by atoms with E-state index in [1.807, 2.05) is 24.0 Å². The first-order valence-electron chi connectivity index (χ1n) is 6.88. The lowest BCUT2D eigenvalue weighted by atomic mass is 10.2. The minimum absolute atomic E-state index is 0.00940. The molecule has 0 aromatic heterocycles. The van der Waals surface area contributed by atoms with Gasteiger partial charge in [-0.3, -0.25) is 9.59 Å². The molecule has 2 aliphatic rings. The molecular formula is C15H14ClIN2O3. The molecule has 2 aliphatic heterocycles. The zero-order valence-corrected chi connectivity index (χ0v) is 14.8. The summed E-state index contributed by atoms with van der Waals surface area (Å²) in [6.45, 7) is 4.04. The van der Waals surface area contributed by atoms with Crippen LogP contribution in [0.3, 0.4) is 0 Å². The third kappa shape index (κ3) is 2.63. The smallest absolute Gasteiger partial charge is 0.283 e. The first-order chi connectivity index (χ1) is 10.5. The van der Waals surface area contributed by atoms with Gasteiger partial charge in [-0.15, -0.1) is 0 Å². The lowest BCUT2D eigenvalue weighted by molar-refractivity contribution is -0.121. The second-order valence-corrected chi connectivity index (χ2v) is 6.76. The van der Waals surface area contributed by atoms with Crippen LogP contribution < -0.4 is 4.90 Å². The topological polar surface area (TPSA) is 49.9 Å². The molecule has 0 unspecified atom stereocenters. The van der Waals surface area contributed by atoms with E-state index < -0.39 is 5.91 Å². The summed E-state index contributed by atoms with van der Waals surface area (Å²) in [5.41, 5.74) is 1.73. The highest BCUT2D eigenvalue weighted by Gasteiger charge is 2.42. The van der Waals surface area contributed by atoms with Crippen molar-refractivity contribution in [2.24, 2.45) is 0 Å². The number of aryl methyl sites for hydroxylation is 1. The van der Waals surface area contributed by atoms with Gasteiger partial charge in [0.15, 0.2) is 0 Å². The van der Waals surface area contributed by atoms with Crippen molar-refractivity contribution in [3.63, 3.8) is 0 Å². The Labute approximate surface area is 147 Å². The average Bonchev–Trinajstić information content (AvgIpc) is 2.71. The number of anilines is 1. The Balaban J connectivity index is 1.96. The van der Waals surface area contributed by atoms with Gasteiger partial charge in [-0.25, -0.2) is 4.90 Å². The van der Waals surface area contributed by atoms with Crippen LogP contribution in [0.15, 0.2) is 28.9 Å². The number of imide groups is 1. The molecule has 0 N–H and O–H groups in total. The standard InChI is InChI=1S/C15H14ClIN2O3/c1-9-8-10(17)2-3-11(9)19-14(20)12(16)13(15(19)21)18-4-6-22-7-5-18/h2-3,8H,4-7H2,1H3. The van der Waals surface area contributed by atoms with Gasteiger partial charge < -0.3 is 9.64 Å². The van der Waals surface area contributed by atoms with Crippen molar-refractivity contribution in [3.8, 4) is 0 Å². The Morgan fingerprint density at radius 3 is 2.50 bits per heavy atom. The molecule has 0 spiro atoms. The number of hydrogen-bond donors (Lipinski definition) is 0. The van der Waals surface area contributed by atoms with Crippen molar-refractivity contribution < 1.29 is 14.3 Å². The Kier molecular flexibility index (Phi) is 4.42. The Bertz CT molecular complexity index is 683. The molecule has 2 amide bonds. The minimum atomic E-state index is -0.461. The number of carbonyl (C=O) groups is 2. The molecule has 116 valence electrons. The number of ether oxygens (including phenoxy) is 1. The number of morpholine rings is 1. The third-order valence-corrected chi connectivity index (χ3v) is 4.74. The van der Waals surface area contributed by atoms with Crippen molar-refractivity contribution in [2.75, 3.05) is 31.2 Å². The number of rotatable bonds is 2. The predicted molar refractivity (Wildman–Crippen MR) is 91.7 cm³/mol. The maximum atomic E-state index is 12.7. The number of benzene rings is 1. The largest absolute Gasteiger partial charge is 0.378 e. The van der Waals surface area contributed by atoms with Gasteiger partial charge in [0.05, 0.1) is 18.9 Å². The second kappa shape index (κ2) is 6.17. The fraction of sp³-hybridized carbons (Fsp3) is 0.333. The molecule has 0 bridgehead atoms. The first-order valence-corrected chi connectivity index (χ1v) is 8.34. The third-order valence-electron chi connectivity index (χ3n) is 3.73. The van der Waals surface area contributed by atoms with Crippen LogP contribution in [-0.4, -0.2) is 43.0 Å². The minimum Gasteiger partial charge on any atom is -0.378 e. The highest BCUT2D eigenvalue weighted by molar-refractivity contribution is 14.1. The van der Waals surface area contributed by atoms with E-state index >= 15 is 0 Å². The second-order valence-electron chi connectivity index (χ2n) is 5.14. The lowest BCUT2D eigenvalue weighted by Crippen LogP contribution is -2.40. The summed E-state index contributed by atoms with van der Waals surface area (Å²) in [7, 11) is 0. The van der Waals surface area contributed by atoms with Crippen LogP contribution in [0.4, 0.5) is 5.69 Å². The van der Waals surface area contributed by atoms with Gasteiger partial charge in [-0.2, -0.15) is 0 Å². The summed E-state index contributed by atoms with van der Waals surface area (Å²) in [5.74, 6) is -0.821. The fourth-order valence-electron chi connectivity index (χ4n) is 2.64. The molecule has 1 saturated heterocycles. The first kappa shape index (κ1) is 15.8. The van der Waals surface area contributed by atoms with Crippen molar-refractivity contribution in [1.29, 1.82) is 0 Å². The summed E-state index contributed by atoms with van der Waals surface area (Å²) in [5, 5.41) is -0.00940. The van der Waals surface area contributed by atoms with E-state index in [0.29, 0.717) is 32.0 Å². The van der Waals surface area contributed by atoms with Gasteiger partial charge in [0, 0.05) is 16.7 Å². The van der Waals surface area contributed by atoms with Crippen molar-refractivity contribution in [1.82, 2.24) is 4.90 Å². The SMILES string of the molecule is Cc1cc(I)ccc1N1C(=O)C(Cl)=C(N2CCOCC2)C1=O. The summed E-state index contributed by atoms with van der Waals surface area (Å²) in [4.78, 5) is 28.2. The zero-order valence-electron chi connectivity index (χ0n) is 11.9. The Hall–Kier alpha value is -1.12. The molecule has 7 heteroatoms. The maximum Gasteiger partial charge on any atom is 0.283 e. The van der Waals surface area contributed by atoms with Crippen LogP contribution in [0.25, 0.3) is 0 Å². The molecular weight excluding hydrogens is 419 g/mol. The van der Waals surface area contributed by atoms with E-state index in [0.717, 1.165) is 9.13 Å². The molecule has 2 heterocycles. The Morgan fingerprint density at radius 2 is 1.86 bits per heavy atom. The van der Waals surface area contributed by atoms with E-state index in [2.05, 4.69) is 22.6 Å². The van der Waals surface area contributed by atoms with Gasteiger partial charge in [0.1, 0.15) is 10.7 Å². The van der Waals surface area contributed by atoms with Gasteiger partial charge >= 0.3 is 0 Å². The van der Waals surface area contributed by atoms with Crippen LogP contribution in [-0.2, 0) is 14.3 Å². The molecule has 0 radical (unpaired) electrons. The summed E-state index contributed by atoms with van der Waals surface area (Å²) in [6, 6.07) is 5.57. The highest BCUT2D eigenvalue weighted by atomic mass is 127. The number of hydrogen-bond acceptors (Lipinski definition) is 4. The summed E-state index contributed by atoms with van der Waals surface area (Å²) < 4.78 is 6.33. The molecule has 0 saturated carbocycles. The van der Waals surface area contributed by atoms with Crippen LogP contribution in [0.1, 0.15) is 5.56 Å². The molecule has 1 aromatic rings.